The van der Waals surface area contributed by atoms with Gasteiger partial charge in [0.1, 0.15) is 11.6 Å². The molecule has 0 unspecified atom stereocenters. The van der Waals surface area contributed by atoms with E-state index in [0.717, 1.165) is 37.6 Å². The third kappa shape index (κ3) is 5.20. The number of aromatic nitrogens is 1. The Balaban J connectivity index is 1.54. The molecule has 2 heterocycles. The molecule has 0 atom stereocenters. The van der Waals surface area contributed by atoms with E-state index >= 15 is 0 Å². The van der Waals surface area contributed by atoms with Crippen LogP contribution in [0.5, 0.6) is 5.75 Å². The van der Waals surface area contributed by atoms with Crippen LogP contribution in [0.4, 0.5) is 5.82 Å². The highest BCUT2D eigenvalue weighted by molar-refractivity contribution is 5.93. The fourth-order valence-electron chi connectivity index (χ4n) is 3.00. The van der Waals surface area contributed by atoms with Crippen LogP contribution in [-0.4, -0.2) is 61.5 Å². The molecule has 1 saturated heterocycles. The molecule has 28 heavy (non-hydrogen) atoms. The van der Waals surface area contributed by atoms with Gasteiger partial charge in [-0.05, 0) is 31.3 Å². The number of nitrogens with zero attached hydrogens (tertiary/aromatic N) is 3. The van der Waals surface area contributed by atoms with Gasteiger partial charge in [0.25, 0.3) is 5.91 Å². The van der Waals surface area contributed by atoms with Crippen LogP contribution in [0.2, 0.25) is 0 Å². The Morgan fingerprint density at radius 2 is 1.96 bits per heavy atom. The van der Waals surface area contributed by atoms with Gasteiger partial charge in [0.15, 0.2) is 6.61 Å². The molecule has 2 aromatic rings. The molecule has 2 amide bonds. The largest absolute Gasteiger partial charge is 0.484 e. The Morgan fingerprint density at radius 1 is 1.18 bits per heavy atom. The topological polar surface area (TPSA) is 101 Å². The monoisotopic (exact) mass is 383 g/mol. The molecule has 8 nitrogen and oxygen atoms in total. The lowest BCUT2D eigenvalue weighted by Crippen LogP contribution is -2.45. The third-order valence-electron chi connectivity index (χ3n) is 4.63. The van der Waals surface area contributed by atoms with Crippen LogP contribution in [0.1, 0.15) is 15.9 Å². The van der Waals surface area contributed by atoms with Crippen molar-refractivity contribution in [2.24, 2.45) is 5.73 Å². The second-order valence-electron chi connectivity index (χ2n) is 6.73. The zero-order valence-corrected chi connectivity index (χ0v) is 15.9. The normalized spacial score (nSPS) is 14.5. The summed E-state index contributed by atoms with van der Waals surface area (Å²) in [6.45, 7) is 4.02. The van der Waals surface area contributed by atoms with Crippen LogP contribution in [0.15, 0.2) is 42.6 Å². The molecular formula is C20H25N5O3. The Hall–Kier alpha value is -3.13. The Labute approximate surface area is 164 Å². The number of rotatable bonds is 7. The number of anilines is 1. The molecule has 0 aliphatic carbocycles. The number of nitrogens with one attached hydrogen (secondary N) is 1. The molecule has 3 rings (SSSR count). The van der Waals surface area contributed by atoms with Crippen molar-refractivity contribution < 1.29 is 14.3 Å². The average Bonchev–Trinajstić information content (AvgIpc) is 2.72. The molecule has 0 spiro atoms. The quantitative estimate of drug-likeness (QED) is 0.727. The minimum atomic E-state index is -0.539. The summed E-state index contributed by atoms with van der Waals surface area (Å²) < 4.78 is 5.45. The number of amides is 2. The fourth-order valence-corrected chi connectivity index (χ4v) is 3.00. The smallest absolute Gasteiger partial charge is 0.258 e. The van der Waals surface area contributed by atoms with Gasteiger partial charge in [-0.2, -0.15) is 0 Å². The number of piperazine rings is 1. The second kappa shape index (κ2) is 9.18. The number of carbonyl (C=O) groups excluding carboxylic acids is 2. The Bertz CT molecular complexity index is 834. The minimum absolute atomic E-state index is 0.147. The molecule has 1 aromatic carbocycles. The number of hydrogen-bond donors (Lipinski definition) is 2. The van der Waals surface area contributed by atoms with E-state index in [-0.39, 0.29) is 12.5 Å². The minimum Gasteiger partial charge on any atom is -0.484 e. The second-order valence-corrected chi connectivity index (χ2v) is 6.73. The summed E-state index contributed by atoms with van der Waals surface area (Å²) in [6.07, 6.45) is 1.77. The molecule has 0 saturated carbocycles. The predicted molar refractivity (Wildman–Crippen MR) is 106 cm³/mol. The highest BCUT2D eigenvalue weighted by Crippen LogP contribution is 2.18. The standard InChI is InChI=1S/C20H25N5O3/c1-24-8-10-25(11-9-24)20-16(5-3-7-22-20)13-23-18(26)14-28-17-6-2-4-15(12-17)19(21)27/h2-7,12H,8-11,13-14H2,1H3,(H2,21,27)(H,23,26). The molecule has 148 valence electrons. The van der Waals surface area contributed by atoms with Gasteiger partial charge in [0, 0.05) is 50.0 Å². The number of benzene rings is 1. The van der Waals surface area contributed by atoms with Gasteiger partial charge in [0.05, 0.1) is 0 Å². The molecule has 1 aliphatic heterocycles. The summed E-state index contributed by atoms with van der Waals surface area (Å²) >= 11 is 0. The number of likely N-dealkylation sites (N-methyl/N-ethyl adjacent to an activating group) is 1. The first kappa shape index (κ1) is 19.6. The van der Waals surface area contributed by atoms with Gasteiger partial charge in [-0.15, -0.1) is 0 Å². The van der Waals surface area contributed by atoms with Crippen molar-refractivity contribution in [1.82, 2.24) is 15.2 Å². The van der Waals surface area contributed by atoms with E-state index in [2.05, 4.69) is 27.1 Å². The molecule has 1 aliphatic rings. The van der Waals surface area contributed by atoms with Crippen molar-refractivity contribution in [1.29, 1.82) is 0 Å². The predicted octanol–water partition coefficient (Wildman–Crippen LogP) is 0.628. The zero-order chi connectivity index (χ0) is 19.9. The molecule has 0 bridgehead atoms. The number of hydrogen-bond acceptors (Lipinski definition) is 6. The zero-order valence-electron chi connectivity index (χ0n) is 15.9. The summed E-state index contributed by atoms with van der Waals surface area (Å²) in [6, 6.07) is 10.3. The van der Waals surface area contributed by atoms with Crippen LogP contribution in [-0.2, 0) is 11.3 Å². The van der Waals surface area contributed by atoms with Crippen molar-refractivity contribution in [2.45, 2.75) is 6.54 Å². The number of carbonyl (C=O) groups is 2. The summed E-state index contributed by atoms with van der Waals surface area (Å²) in [5.41, 5.74) is 6.55. The van der Waals surface area contributed by atoms with Gasteiger partial charge >= 0.3 is 0 Å². The first-order chi connectivity index (χ1) is 13.5. The summed E-state index contributed by atoms with van der Waals surface area (Å²) in [5, 5.41) is 2.86. The van der Waals surface area contributed by atoms with E-state index in [1.54, 1.807) is 24.4 Å². The first-order valence-corrected chi connectivity index (χ1v) is 9.19. The summed E-state index contributed by atoms with van der Waals surface area (Å²) in [5.74, 6) is 0.539. The highest BCUT2D eigenvalue weighted by Gasteiger charge is 2.18. The van der Waals surface area contributed by atoms with Crippen molar-refractivity contribution in [2.75, 3.05) is 44.7 Å². The Morgan fingerprint density at radius 3 is 2.71 bits per heavy atom. The van der Waals surface area contributed by atoms with Crippen molar-refractivity contribution in [3.63, 3.8) is 0 Å². The van der Waals surface area contributed by atoms with E-state index in [9.17, 15) is 9.59 Å². The van der Waals surface area contributed by atoms with Gasteiger partial charge in [-0.25, -0.2) is 4.98 Å². The van der Waals surface area contributed by atoms with Gasteiger partial charge in [0.2, 0.25) is 5.91 Å². The van der Waals surface area contributed by atoms with Gasteiger partial charge < -0.3 is 25.6 Å². The molecule has 0 radical (unpaired) electrons. The summed E-state index contributed by atoms with van der Waals surface area (Å²) in [4.78, 5) is 32.4. The lowest BCUT2D eigenvalue weighted by atomic mass is 10.2. The maximum Gasteiger partial charge on any atom is 0.258 e. The number of primary amides is 1. The fraction of sp³-hybridized carbons (Fsp3) is 0.350. The lowest BCUT2D eigenvalue weighted by molar-refractivity contribution is -0.123. The molecule has 3 N–H and O–H groups in total. The van der Waals surface area contributed by atoms with Crippen LogP contribution in [0, 0.1) is 0 Å². The van der Waals surface area contributed by atoms with Crippen LogP contribution in [0.3, 0.4) is 0 Å². The van der Waals surface area contributed by atoms with E-state index in [4.69, 9.17) is 10.5 Å². The number of pyridine rings is 1. The number of nitrogens with two attached hydrogens (primary N) is 1. The molecule has 1 aromatic heterocycles. The van der Waals surface area contributed by atoms with Crippen LogP contribution in [0.25, 0.3) is 0 Å². The molecular weight excluding hydrogens is 358 g/mol. The van der Waals surface area contributed by atoms with Gasteiger partial charge in [-0.1, -0.05) is 12.1 Å². The van der Waals surface area contributed by atoms with E-state index in [1.807, 2.05) is 12.1 Å². The van der Waals surface area contributed by atoms with E-state index in [1.165, 1.54) is 6.07 Å². The maximum absolute atomic E-state index is 12.2. The van der Waals surface area contributed by atoms with Crippen LogP contribution < -0.4 is 20.7 Å². The van der Waals surface area contributed by atoms with Crippen molar-refractivity contribution in [3.8, 4) is 5.75 Å². The van der Waals surface area contributed by atoms with E-state index in [0.29, 0.717) is 17.9 Å². The number of ether oxygens (including phenoxy) is 1. The SMILES string of the molecule is CN1CCN(c2ncccc2CNC(=O)COc2cccc(C(N)=O)c2)CC1. The highest BCUT2D eigenvalue weighted by atomic mass is 16.5. The van der Waals surface area contributed by atoms with E-state index < -0.39 is 5.91 Å². The van der Waals surface area contributed by atoms with Crippen molar-refractivity contribution in [3.05, 3.63) is 53.7 Å². The van der Waals surface area contributed by atoms with Crippen molar-refractivity contribution >= 4 is 17.6 Å². The van der Waals surface area contributed by atoms with Crippen LogP contribution >= 0.6 is 0 Å². The maximum atomic E-state index is 12.2. The average molecular weight is 383 g/mol. The lowest BCUT2D eigenvalue weighted by Gasteiger charge is -2.34. The first-order valence-electron chi connectivity index (χ1n) is 9.19. The third-order valence-corrected chi connectivity index (χ3v) is 4.63. The van der Waals surface area contributed by atoms with Gasteiger partial charge in [-0.3, -0.25) is 9.59 Å². The molecule has 8 heteroatoms. The summed E-state index contributed by atoms with van der Waals surface area (Å²) in [7, 11) is 2.11. The Kier molecular flexibility index (Phi) is 6.44. The molecule has 1 fully saturated rings.